The van der Waals surface area contributed by atoms with Gasteiger partial charge in [0.1, 0.15) is 0 Å². The Morgan fingerprint density at radius 1 is 1.16 bits per heavy atom. The Morgan fingerprint density at radius 2 is 1.81 bits per heavy atom. The van der Waals surface area contributed by atoms with Gasteiger partial charge >= 0.3 is 0 Å². The minimum absolute atomic E-state index is 0.0131. The summed E-state index contributed by atoms with van der Waals surface area (Å²) in [5.41, 5.74) is 3.47. The maximum absolute atomic E-state index is 12.1. The lowest BCUT2D eigenvalue weighted by molar-refractivity contribution is -0.132. The molecule has 0 aliphatic heterocycles. The molecule has 4 aliphatic rings. The zero-order valence-corrected chi connectivity index (χ0v) is 21.7. The Kier molecular flexibility index (Phi) is 5.98. The lowest BCUT2D eigenvalue weighted by Gasteiger charge is -2.53. The second kappa shape index (κ2) is 7.98. The quantitative estimate of drug-likeness (QED) is 0.651. The molecule has 4 nitrogen and oxygen atoms in total. The maximum atomic E-state index is 12.1. The molecule has 0 saturated heterocycles. The van der Waals surface area contributed by atoms with Crippen molar-refractivity contribution >= 4 is 5.91 Å². The van der Waals surface area contributed by atoms with E-state index in [0.717, 1.165) is 12.8 Å². The fourth-order valence-corrected chi connectivity index (χ4v) is 8.75. The van der Waals surface area contributed by atoms with Crippen molar-refractivity contribution in [1.82, 2.24) is 10.2 Å². The molecule has 0 bridgehead atoms. The summed E-state index contributed by atoms with van der Waals surface area (Å²) in [5.74, 6) is 1.29. The van der Waals surface area contributed by atoms with E-state index in [2.05, 4.69) is 59.1 Å². The van der Waals surface area contributed by atoms with Crippen molar-refractivity contribution in [1.29, 1.82) is 0 Å². The van der Waals surface area contributed by atoms with Crippen LogP contribution in [0.2, 0.25) is 0 Å². The Morgan fingerprint density at radius 3 is 2.44 bits per heavy atom. The number of nitrogens with zero attached hydrogens (tertiary/aromatic N) is 1. The highest BCUT2D eigenvalue weighted by atomic mass is 16.3. The Hall–Kier alpha value is -1.13. The average molecular weight is 443 g/mol. The van der Waals surface area contributed by atoms with Crippen LogP contribution in [-0.4, -0.2) is 48.2 Å². The minimum Gasteiger partial charge on any atom is -0.393 e. The van der Waals surface area contributed by atoms with E-state index in [1.807, 2.05) is 11.9 Å². The maximum Gasteiger partial charge on any atom is 0.219 e. The van der Waals surface area contributed by atoms with Gasteiger partial charge in [-0.15, -0.1) is 0 Å². The van der Waals surface area contributed by atoms with Crippen LogP contribution in [0.3, 0.4) is 0 Å². The number of aliphatic hydroxyl groups excluding tert-OH is 1. The highest BCUT2D eigenvalue weighted by Gasteiger charge is 2.64. The molecule has 4 heteroatoms. The number of fused-ring (bicyclic) bond motifs is 4. The molecule has 2 fully saturated rings. The highest BCUT2D eigenvalue weighted by Crippen LogP contribution is 2.68. The summed E-state index contributed by atoms with van der Waals surface area (Å²) < 4.78 is 0. The predicted octanol–water partition coefficient (Wildman–Crippen LogP) is 4.94. The van der Waals surface area contributed by atoms with Gasteiger partial charge in [-0.1, -0.05) is 45.4 Å². The largest absolute Gasteiger partial charge is 0.393 e. The molecule has 0 aromatic heterocycles. The number of hydrogen-bond donors (Lipinski definition) is 2. The van der Waals surface area contributed by atoms with Crippen LogP contribution in [0.4, 0.5) is 0 Å². The van der Waals surface area contributed by atoms with E-state index in [4.69, 9.17) is 0 Å². The van der Waals surface area contributed by atoms with Crippen molar-refractivity contribution in [3.05, 3.63) is 23.3 Å². The van der Waals surface area contributed by atoms with E-state index in [1.54, 1.807) is 12.5 Å². The molecule has 0 heterocycles. The summed E-state index contributed by atoms with van der Waals surface area (Å²) in [4.78, 5) is 14.0. The van der Waals surface area contributed by atoms with Gasteiger partial charge in [-0.05, 0) is 86.2 Å². The smallest absolute Gasteiger partial charge is 0.219 e. The van der Waals surface area contributed by atoms with E-state index in [9.17, 15) is 9.90 Å². The highest BCUT2D eigenvalue weighted by molar-refractivity contribution is 5.73. The van der Waals surface area contributed by atoms with Crippen molar-refractivity contribution in [2.24, 2.45) is 34.0 Å². The lowest BCUT2D eigenvalue weighted by Crippen LogP contribution is -2.51. The van der Waals surface area contributed by atoms with E-state index in [1.165, 1.54) is 31.3 Å². The lowest BCUT2D eigenvalue weighted by atomic mass is 9.51. The topological polar surface area (TPSA) is 52.6 Å². The number of rotatable bonds is 3. The first kappa shape index (κ1) is 24.0. The SMILES string of the molecule is CN[C@H]1CCC2=CC3=CC[C@]4(C)[C@@H]([C@@H](C)N(C)C(C)=O)[C@H](O)C[C@@]4(C)[C@@H]3CC[C@@H]2C1(C)C. The van der Waals surface area contributed by atoms with Gasteiger partial charge in [0.05, 0.1) is 6.10 Å². The second-order valence-electron chi connectivity index (χ2n) is 12.5. The fourth-order valence-electron chi connectivity index (χ4n) is 8.75. The van der Waals surface area contributed by atoms with Crippen LogP contribution >= 0.6 is 0 Å². The fraction of sp³-hybridized carbons (Fsp3) is 0.821. The summed E-state index contributed by atoms with van der Waals surface area (Å²) in [7, 11) is 4.01. The summed E-state index contributed by atoms with van der Waals surface area (Å²) in [6.07, 6.45) is 11.4. The zero-order valence-electron chi connectivity index (χ0n) is 21.7. The van der Waals surface area contributed by atoms with E-state index >= 15 is 0 Å². The first-order valence-electron chi connectivity index (χ1n) is 12.9. The molecule has 32 heavy (non-hydrogen) atoms. The molecule has 0 aromatic carbocycles. The van der Waals surface area contributed by atoms with Gasteiger partial charge in [-0.25, -0.2) is 0 Å². The van der Waals surface area contributed by atoms with Crippen LogP contribution in [-0.2, 0) is 4.79 Å². The van der Waals surface area contributed by atoms with Gasteiger partial charge in [0.2, 0.25) is 5.91 Å². The number of amides is 1. The molecule has 1 amide bonds. The first-order valence-corrected chi connectivity index (χ1v) is 12.9. The van der Waals surface area contributed by atoms with Gasteiger partial charge in [0.25, 0.3) is 0 Å². The van der Waals surface area contributed by atoms with Crippen molar-refractivity contribution in [2.45, 2.75) is 98.3 Å². The van der Waals surface area contributed by atoms with Crippen LogP contribution < -0.4 is 5.32 Å². The molecule has 0 radical (unpaired) electrons. The van der Waals surface area contributed by atoms with Gasteiger partial charge in [0.15, 0.2) is 0 Å². The molecule has 180 valence electrons. The third kappa shape index (κ3) is 3.27. The molecule has 8 atom stereocenters. The van der Waals surface area contributed by atoms with Crippen LogP contribution in [0, 0.1) is 34.0 Å². The number of carbonyl (C=O) groups is 1. The third-order valence-electron chi connectivity index (χ3n) is 11.1. The molecule has 0 aromatic rings. The van der Waals surface area contributed by atoms with E-state index in [0.29, 0.717) is 17.9 Å². The predicted molar refractivity (Wildman–Crippen MR) is 131 cm³/mol. The third-order valence-corrected chi connectivity index (χ3v) is 11.1. The van der Waals surface area contributed by atoms with Gasteiger partial charge in [0, 0.05) is 32.0 Å². The van der Waals surface area contributed by atoms with E-state index in [-0.39, 0.29) is 40.2 Å². The number of aliphatic hydroxyl groups is 1. The normalized spacial score (nSPS) is 43.7. The van der Waals surface area contributed by atoms with Crippen molar-refractivity contribution in [3.8, 4) is 0 Å². The van der Waals surface area contributed by atoms with Crippen molar-refractivity contribution < 1.29 is 9.90 Å². The summed E-state index contributed by atoms with van der Waals surface area (Å²) in [6.45, 7) is 13.5. The summed E-state index contributed by atoms with van der Waals surface area (Å²) in [5, 5.41) is 15.0. The molecule has 4 aliphatic carbocycles. The Bertz CT molecular complexity index is 829. The molecule has 0 spiro atoms. The minimum atomic E-state index is -0.363. The van der Waals surface area contributed by atoms with E-state index < -0.39 is 0 Å². The van der Waals surface area contributed by atoms with Crippen LogP contribution in [0.1, 0.15) is 80.1 Å². The van der Waals surface area contributed by atoms with Gasteiger partial charge in [-0.2, -0.15) is 0 Å². The average Bonchev–Trinajstić information content (AvgIpc) is 2.83. The van der Waals surface area contributed by atoms with Crippen LogP contribution in [0.25, 0.3) is 0 Å². The first-order chi connectivity index (χ1) is 14.9. The molecule has 4 rings (SSSR count). The Balaban J connectivity index is 1.70. The second-order valence-corrected chi connectivity index (χ2v) is 12.5. The summed E-state index contributed by atoms with van der Waals surface area (Å²) >= 11 is 0. The zero-order chi connectivity index (χ0) is 23.6. The summed E-state index contributed by atoms with van der Waals surface area (Å²) in [6, 6.07) is 0.603. The van der Waals surface area contributed by atoms with Crippen LogP contribution in [0.15, 0.2) is 23.3 Å². The molecule has 0 unspecified atom stereocenters. The van der Waals surface area contributed by atoms with Gasteiger partial charge in [-0.3, -0.25) is 4.79 Å². The monoisotopic (exact) mass is 442 g/mol. The molecule has 2 N–H and O–H groups in total. The number of carbonyl (C=O) groups excluding carboxylic acids is 1. The Labute approximate surface area is 195 Å². The number of hydrogen-bond acceptors (Lipinski definition) is 3. The van der Waals surface area contributed by atoms with Crippen molar-refractivity contribution in [2.75, 3.05) is 14.1 Å². The molecule has 2 saturated carbocycles. The van der Waals surface area contributed by atoms with Crippen molar-refractivity contribution in [3.63, 3.8) is 0 Å². The van der Waals surface area contributed by atoms with Gasteiger partial charge < -0.3 is 15.3 Å². The van der Waals surface area contributed by atoms with Crippen LogP contribution in [0.5, 0.6) is 0 Å². The standard InChI is InChI=1S/C28H46N2O2/c1-17(30(8)18(2)31)25-23(32)16-28(6)22-11-10-21-19(9-12-24(29-7)26(21,3)4)15-20(22)13-14-27(25,28)5/h13,15,17,21-25,29,32H,9-12,14,16H2,1-8H3/t17-,21+,22-,23-,24+,25+,27-,28+/m1/s1. The number of allylic oxidation sites excluding steroid dienone is 4. The number of nitrogens with one attached hydrogen (secondary N) is 1. The molecular formula is C28H46N2O2. The molecular weight excluding hydrogens is 396 g/mol.